The molecule has 1 aromatic rings. The summed E-state index contributed by atoms with van der Waals surface area (Å²) in [7, 11) is 0. The molecular formula is C12H12F3NO3S. The summed E-state index contributed by atoms with van der Waals surface area (Å²) in [6.45, 7) is 0. The lowest BCUT2D eigenvalue weighted by Gasteiger charge is -2.15. The van der Waals surface area contributed by atoms with Crippen molar-refractivity contribution >= 4 is 23.6 Å². The lowest BCUT2D eigenvalue weighted by atomic mass is 10.1. The van der Waals surface area contributed by atoms with Gasteiger partial charge in [-0.15, -0.1) is 11.8 Å². The molecule has 0 heterocycles. The lowest BCUT2D eigenvalue weighted by Crippen LogP contribution is -2.47. The third-order valence-corrected chi connectivity index (χ3v) is 3.20. The van der Waals surface area contributed by atoms with E-state index in [-0.39, 0.29) is 6.42 Å². The highest BCUT2D eigenvalue weighted by Gasteiger charge is 2.40. The molecule has 0 aliphatic carbocycles. The average molecular weight is 307 g/mol. The van der Waals surface area contributed by atoms with Crippen LogP contribution in [-0.2, 0) is 16.0 Å². The number of hydrogen-bond acceptors (Lipinski definition) is 3. The van der Waals surface area contributed by atoms with Crippen LogP contribution in [0, 0.1) is 0 Å². The van der Waals surface area contributed by atoms with Crippen LogP contribution in [0.15, 0.2) is 29.2 Å². The van der Waals surface area contributed by atoms with Crippen LogP contribution in [0.5, 0.6) is 0 Å². The maximum Gasteiger partial charge on any atom is 0.471 e. The number of nitrogens with one attached hydrogen (secondary N) is 1. The molecule has 1 atom stereocenters. The Morgan fingerprint density at radius 1 is 1.30 bits per heavy atom. The average Bonchev–Trinajstić information content (AvgIpc) is 2.37. The van der Waals surface area contributed by atoms with Gasteiger partial charge in [0.05, 0.1) is 0 Å². The molecule has 0 aliphatic rings. The fourth-order valence-electron chi connectivity index (χ4n) is 1.44. The smallest absolute Gasteiger partial charge is 0.471 e. The first-order valence-corrected chi connectivity index (χ1v) is 6.70. The minimum atomic E-state index is -5.10. The maximum atomic E-state index is 12.1. The zero-order valence-corrected chi connectivity index (χ0v) is 11.2. The van der Waals surface area contributed by atoms with Crippen LogP contribution < -0.4 is 5.32 Å². The first kappa shape index (κ1) is 16.4. The summed E-state index contributed by atoms with van der Waals surface area (Å²) in [6.07, 6.45) is -3.46. The van der Waals surface area contributed by atoms with Crippen LogP contribution in [0.2, 0.25) is 0 Å². The van der Waals surface area contributed by atoms with Crippen LogP contribution in [0.4, 0.5) is 13.2 Å². The molecule has 1 rings (SSSR count). The SMILES string of the molecule is CSc1ccc(CC(NC(=O)C(F)(F)F)C(=O)O)cc1. The molecule has 0 saturated heterocycles. The third-order valence-electron chi connectivity index (χ3n) is 2.46. The number of carboxylic acids is 1. The van der Waals surface area contributed by atoms with Gasteiger partial charge in [-0.1, -0.05) is 12.1 Å². The van der Waals surface area contributed by atoms with Crippen molar-refractivity contribution in [3.8, 4) is 0 Å². The van der Waals surface area contributed by atoms with E-state index in [2.05, 4.69) is 0 Å². The van der Waals surface area contributed by atoms with Crippen LogP contribution in [0.1, 0.15) is 5.56 Å². The molecule has 0 saturated carbocycles. The van der Waals surface area contributed by atoms with Crippen LogP contribution in [0.25, 0.3) is 0 Å². The topological polar surface area (TPSA) is 66.4 Å². The molecule has 0 aliphatic heterocycles. The molecule has 1 unspecified atom stereocenters. The Balaban J connectivity index is 2.77. The van der Waals surface area contributed by atoms with Gasteiger partial charge in [-0.2, -0.15) is 13.2 Å². The van der Waals surface area contributed by atoms with E-state index in [0.717, 1.165) is 4.90 Å². The van der Waals surface area contributed by atoms with E-state index >= 15 is 0 Å². The molecule has 2 N–H and O–H groups in total. The number of aliphatic carboxylic acids is 1. The minimum Gasteiger partial charge on any atom is -0.480 e. The number of carbonyl (C=O) groups excluding carboxylic acids is 1. The summed E-state index contributed by atoms with van der Waals surface area (Å²) in [4.78, 5) is 22.6. The predicted molar refractivity (Wildman–Crippen MR) is 67.5 cm³/mol. The Morgan fingerprint density at radius 2 is 1.85 bits per heavy atom. The first-order chi connectivity index (χ1) is 9.24. The summed E-state index contributed by atoms with van der Waals surface area (Å²) < 4.78 is 36.3. The van der Waals surface area contributed by atoms with Gasteiger partial charge in [0.25, 0.3) is 0 Å². The van der Waals surface area contributed by atoms with E-state index in [0.29, 0.717) is 5.56 Å². The van der Waals surface area contributed by atoms with Crippen LogP contribution >= 0.6 is 11.8 Å². The van der Waals surface area contributed by atoms with Crippen molar-refractivity contribution in [2.24, 2.45) is 0 Å². The van der Waals surface area contributed by atoms with Gasteiger partial charge in [0.1, 0.15) is 6.04 Å². The Labute approximate surface area is 117 Å². The number of carboxylic acid groups (broad SMARTS) is 1. The molecule has 0 bridgehead atoms. The fourth-order valence-corrected chi connectivity index (χ4v) is 1.85. The van der Waals surface area contributed by atoms with Crippen molar-refractivity contribution in [2.45, 2.75) is 23.5 Å². The second-order valence-electron chi connectivity index (χ2n) is 3.91. The van der Waals surface area contributed by atoms with Gasteiger partial charge in [0, 0.05) is 11.3 Å². The van der Waals surface area contributed by atoms with E-state index in [9.17, 15) is 22.8 Å². The summed E-state index contributed by atoms with van der Waals surface area (Å²) in [5.74, 6) is -3.78. The molecule has 0 spiro atoms. The van der Waals surface area contributed by atoms with Crippen LogP contribution in [0.3, 0.4) is 0 Å². The molecule has 1 amide bonds. The second-order valence-corrected chi connectivity index (χ2v) is 4.79. The van der Waals surface area contributed by atoms with Crippen LogP contribution in [-0.4, -0.2) is 35.5 Å². The standard InChI is InChI=1S/C12H12F3NO3S/c1-20-8-4-2-7(3-5-8)6-9(10(17)18)16-11(19)12(13,14)15/h2-5,9H,6H2,1H3,(H,16,19)(H,17,18). The fraction of sp³-hybridized carbons (Fsp3) is 0.333. The summed E-state index contributed by atoms with van der Waals surface area (Å²) in [5, 5.41) is 10.3. The predicted octanol–water partition coefficient (Wildman–Crippen LogP) is 2.08. The molecule has 0 radical (unpaired) electrons. The van der Waals surface area contributed by atoms with Crippen molar-refractivity contribution in [1.82, 2.24) is 5.32 Å². The Bertz CT molecular complexity index is 488. The van der Waals surface area contributed by atoms with Crippen molar-refractivity contribution in [3.63, 3.8) is 0 Å². The number of thioether (sulfide) groups is 1. The number of benzene rings is 1. The van der Waals surface area contributed by atoms with E-state index in [4.69, 9.17) is 5.11 Å². The highest BCUT2D eigenvalue weighted by Crippen LogP contribution is 2.17. The van der Waals surface area contributed by atoms with E-state index in [1.807, 2.05) is 6.26 Å². The summed E-state index contributed by atoms with van der Waals surface area (Å²) in [6, 6.07) is 5.06. The molecule has 0 aromatic heterocycles. The number of amides is 1. The Hall–Kier alpha value is -1.70. The third kappa shape index (κ3) is 4.76. The zero-order chi connectivity index (χ0) is 15.3. The molecule has 110 valence electrons. The highest BCUT2D eigenvalue weighted by atomic mass is 32.2. The molecule has 0 fully saturated rings. The van der Waals surface area contributed by atoms with E-state index in [1.54, 1.807) is 24.3 Å². The second kappa shape index (κ2) is 6.65. The monoisotopic (exact) mass is 307 g/mol. The van der Waals surface area contributed by atoms with E-state index < -0.39 is 24.1 Å². The van der Waals surface area contributed by atoms with Crippen molar-refractivity contribution < 1.29 is 27.9 Å². The van der Waals surface area contributed by atoms with Crippen molar-refractivity contribution in [2.75, 3.05) is 6.26 Å². The minimum absolute atomic E-state index is 0.216. The summed E-state index contributed by atoms with van der Waals surface area (Å²) in [5.41, 5.74) is 0.526. The number of halogens is 3. The normalized spacial score (nSPS) is 12.8. The van der Waals surface area contributed by atoms with E-state index in [1.165, 1.54) is 17.1 Å². The number of hydrogen-bond donors (Lipinski definition) is 2. The van der Waals surface area contributed by atoms with Gasteiger partial charge in [0.2, 0.25) is 0 Å². The molecule has 4 nitrogen and oxygen atoms in total. The highest BCUT2D eigenvalue weighted by molar-refractivity contribution is 7.98. The molecule has 1 aromatic carbocycles. The number of rotatable bonds is 5. The molecule has 20 heavy (non-hydrogen) atoms. The Kier molecular flexibility index (Phi) is 5.43. The van der Waals surface area contributed by atoms with Gasteiger partial charge >= 0.3 is 18.1 Å². The zero-order valence-electron chi connectivity index (χ0n) is 10.4. The molecule has 8 heteroatoms. The van der Waals surface area contributed by atoms with Crippen molar-refractivity contribution in [1.29, 1.82) is 0 Å². The summed E-state index contributed by atoms with van der Waals surface area (Å²) >= 11 is 1.48. The number of carbonyl (C=O) groups is 2. The van der Waals surface area contributed by atoms with Gasteiger partial charge in [0.15, 0.2) is 0 Å². The quantitative estimate of drug-likeness (QED) is 0.817. The van der Waals surface area contributed by atoms with Gasteiger partial charge < -0.3 is 10.4 Å². The van der Waals surface area contributed by atoms with Gasteiger partial charge in [-0.05, 0) is 24.0 Å². The van der Waals surface area contributed by atoms with Gasteiger partial charge in [-0.25, -0.2) is 4.79 Å². The first-order valence-electron chi connectivity index (χ1n) is 5.47. The Morgan fingerprint density at radius 3 is 2.25 bits per heavy atom. The van der Waals surface area contributed by atoms with Gasteiger partial charge in [-0.3, -0.25) is 4.79 Å². The van der Waals surface area contributed by atoms with Crippen molar-refractivity contribution in [3.05, 3.63) is 29.8 Å². The molecular weight excluding hydrogens is 295 g/mol. The largest absolute Gasteiger partial charge is 0.480 e. The lowest BCUT2D eigenvalue weighted by molar-refractivity contribution is -0.175. The maximum absolute atomic E-state index is 12.1. The number of alkyl halides is 3.